The summed E-state index contributed by atoms with van der Waals surface area (Å²) in [5.41, 5.74) is 2.16. The van der Waals surface area contributed by atoms with Gasteiger partial charge >= 0.3 is 0 Å². The number of rotatable bonds is 4. The molecule has 1 aliphatic rings. The van der Waals surface area contributed by atoms with Crippen LogP contribution in [0.5, 0.6) is 5.75 Å². The Hall–Kier alpha value is -1.31. The van der Waals surface area contributed by atoms with Gasteiger partial charge in [-0.05, 0) is 43.4 Å². The van der Waals surface area contributed by atoms with Crippen LogP contribution < -0.4 is 4.74 Å². The van der Waals surface area contributed by atoms with E-state index in [1.807, 2.05) is 6.07 Å². The number of Topliss-reactive ketones (excluding diaryl/α,β-unsaturated/α-hetero) is 1. The molecule has 0 spiro atoms. The van der Waals surface area contributed by atoms with Crippen LogP contribution in [-0.4, -0.2) is 12.9 Å². The lowest BCUT2D eigenvalue weighted by molar-refractivity contribution is -0.122. The zero-order chi connectivity index (χ0) is 13.2. The molecule has 0 bridgehead atoms. The van der Waals surface area contributed by atoms with Crippen molar-refractivity contribution in [1.82, 2.24) is 0 Å². The summed E-state index contributed by atoms with van der Waals surface area (Å²) in [6.45, 7) is 3.86. The minimum atomic E-state index is -0.226. The van der Waals surface area contributed by atoms with Crippen LogP contribution >= 0.6 is 0 Å². The van der Waals surface area contributed by atoms with E-state index in [2.05, 4.69) is 19.1 Å². The van der Waals surface area contributed by atoms with Crippen molar-refractivity contribution < 1.29 is 9.53 Å². The van der Waals surface area contributed by atoms with Crippen molar-refractivity contribution in [2.75, 3.05) is 7.11 Å². The largest absolute Gasteiger partial charge is 0.496 e. The summed E-state index contributed by atoms with van der Waals surface area (Å²) in [5, 5.41) is 0. The van der Waals surface area contributed by atoms with E-state index in [1.54, 1.807) is 14.0 Å². The molecule has 0 heterocycles. The molecular weight excluding hydrogens is 224 g/mol. The Morgan fingerprint density at radius 1 is 1.33 bits per heavy atom. The highest BCUT2D eigenvalue weighted by Gasteiger charge is 2.40. The summed E-state index contributed by atoms with van der Waals surface area (Å²) in [5.74, 6) is 1.24. The van der Waals surface area contributed by atoms with Gasteiger partial charge in [-0.25, -0.2) is 0 Å². The van der Waals surface area contributed by atoms with E-state index in [9.17, 15) is 4.79 Å². The van der Waals surface area contributed by atoms with Gasteiger partial charge < -0.3 is 4.74 Å². The van der Waals surface area contributed by atoms with E-state index in [0.717, 1.165) is 37.9 Å². The monoisotopic (exact) mass is 246 g/mol. The molecule has 1 aromatic carbocycles. The molecule has 2 heteroatoms. The highest BCUT2D eigenvalue weighted by Crippen LogP contribution is 2.43. The second-order valence-electron chi connectivity index (χ2n) is 5.23. The van der Waals surface area contributed by atoms with Crippen LogP contribution in [0.2, 0.25) is 0 Å². The van der Waals surface area contributed by atoms with Gasteiger partial charge in [-0.3, -0.25) is 4.79 Å². The average Bonchev–Trinajstić information content (AvgIpc) is 2.88. The Morgan fingerprint density at radius 3 is 2.50 bits per heavy atom. The van der Waals surface area contributed by atoms with Gasteiger partial charge in [-0.1, -0.05) is 31.9 Å². The molecule has 1 aromatic rings. The van der Waals surface area contributed by atoms with Gasteiger partial charge in [0.1, 0.15) is 11.5 Å². The van der Waals surface area contributed by atoms with Crippen molar-refractivity contribution in [2.24, 2.45) is 0 Å². The molecule has 2 rings (SSSR count). The number of carbonyl (C=O) groups is 1. The molecule has 0 aliphatic heterocycles. The number of ether oxygens (including phenoxy) is 1. The Bertz CT molecular complexity index is 442. The van der Waals surface area contributed by atoms with E-state index in [0.29, 0.717) is 5.78 Å². The third kappa shape index (κ3) is 2.05. The first-order chi connectivity index (χ1) is 8.64. The highest BCUT2D eigenvalue weighted by atomic mass is 16.5. The van der Waals surface area contributed by atoms with Gasteiger partial charge in [0.15, 0.2) is 0 Å². The maximum absolute atomic E-state index is 12.1. The molecule has 0 aromatic heterocycles. The summed E-state index contributed by atoms with van der Waals surface area (Å²) < 4.78 is 5.36. The average molecular weight is 246 g/mol. The van der Waals surface area contributed by atoms with Crippen LogP contribution in [0.15, 0.2) is 18.2 Å². The summed E-state index contributed by atoms with van der Waals surface area (Å²) in [7, 11) is 1.70. The predicted octanol–water partition coefficient (Wildman–Crippen LogP) is 3.66. The fourth-order valence-electron chi connectivity index (χ4n) is 3.18. The standard InChI is InChI=1S/C16H22O2/c1-4-13-11-14(7-8-15(13)18-3)16(12(2)17)9-5-6-10-16/h7-8,11H,4-6,9-10H2,1-3H3. The predicted molar refractivity (Wildman–Crippen MR) is 73.2 cm³/mol. The quantitative estimate of drug-likeness (QED) is 0.810. The smallest absolute Gasteiger partial charge is 0.140 e. The molecular formula is C16H22O2. The summed E-state index contributed by atoms with van der Waals surface area (Å²) in [6, 6.07) is 6.26. The first-order valence-corrected chi connectivity index (χ1v) is 6.82. The maximum Gasteiger partial charge on any atom is 0.140 e. The fourth-order valence-corrected chi connectivity index (χ4v) is 3.18. The maximum atomic E-state index is 12.1. The van der Waals surface area contributed by atoms with Crippen LogP contribution in [0.4, 0.5) is 0 Å². The summed E-state index contributed by atoms with van der Waals surface area (Å²) >= 11 is 0. The number of aryl methyl sites for hydroxylation is 1. The second-order valence-corrected chi connectivity index (χ2v) is 5.23. The van der Waals surface area contributed by atoms with Crippen LogP contribution in [0.3, 0.4) is 0 Å². The molecule has 1 saturated carbocycles. The molecule has 0 N–H and O–H groups in total. The van der Waals surface area contributed by atoms with Gasteiger partial charge in [0, 0.05) is 0 Å². The Labute approximate surface area is 109 Å². The van der Waals surface area contributed by atoms with Crippen molar-refractivity contribution in [3.8, 4) is 5.75 Å². The summed E-state index contributed by atoms with van der Waals surface area (Å²) in [4.78, 5) is 12.1. The lowest BCUT2D eigenvalue weighted by atomic mass is 9.75. The Kier molecular flexibility index (Phi) is 3.74. The van der Waals surface area contributed by atoms with Crippen LogP contribution in [0, 0.1) is 0 Å². The number of hydrogen-bond acceptors (Lipinski definition) is 2. The van der Waals surface area contributed by atoms with Gasteiger partial charge in [-0.15, -0.1) is 0 Å². The zero-order valence-electron chi connectivity index (χ0n) is 11.6. The molecule has 0 radical (unpaired) electrons. The lowest BCUT2D eigenvalue weighted by Crippen LogP contribution is -2.30. The molecule has 98 valence electrons. The topological polar surface area (TPSA) is 26.3 Å². The molecule has 1 fully saturated rings. The van der Waals surface area contributed by atoms with E-state index >= 15 is 0 Å². The van der Waals surface area contributed by atoms with Crippen LogP contribution in [-0.2, 0) is 16.6 Å². The number of hydrogen-bond donors (Lipinski definition) is 0. The van der Waals surface area contributed by atoms with Crippen LogP contribution in [0.25, 0.3) is 0 Å². The molecule has 18 heavy (non-hydrogen) atoms. The normalized spacial score (nSPS) is 17.7. The number of benzene rings is 1. The SMILES string of the molecule is CCc1cc(C2(C(C)=O)CCCC2)ccc1OC. The first-order valence-electron chi connectivity index (χ1n) is 6.82. The van der Waals surface area contributed by atoms with Gasteiger partial charge in [0.2, 0.25) is 0 Å². The minimum absolute atomic E-state index is 0.226. The van der Waals surface area contributed by atoms with Crippen molar-refractivity contribution in [3.63, 3.8) is 0 Å². The van der Waals surface area contributed by atoms with Gasteiger partial charge in [0.25, 0.3) is 0 Å². The third-order valence-electron chi connectivity index (χ3n) is 4.34. The molecule has 0 amide bonds. The van der Waals surface area contributed by atoms with E-state index in [4.69, 9.17) is 4.74 Å². The number of ketones is 1. The molecule has 0 atom stereocenters. The summed E-state index contributed by atoms with van der Waals surface area (Å²) in [6.07, 6.45) is 5.25. The van der Waals surface area contributed by atoms with Crippen molar-refractivity contribution in [3.05, 3.63) is 29.3 Å². The highest BCUT2D eigenvalue weighted by molar-refractivity contribution is 5.88. The van der Waals surface area contributed by atoms with Gasteiger partial charge in [0.05, 0.1) is 12.5 Å². The molecule has 0 unspecified atom stereocenters. The number of carbonyl (C=O) groups excluding carboxylic acids is 1. The van der Waals surface area contributed by atoms with E-state index in [1.165, 1.54) is 11.1 Å². The first kappa shape index (κ1) is 13.1. The van der Waals surface area contributed by atoms with Gasteiger partial charge in [-0.2, -0.15) is 0 Å². The van der Waals surface area contributed by atoms with E-state index < -0.39 is 0 Å². The minimum Gasteiger partial charge on any atom is -0.496 e. The molecule has 0 saturated heterocycles. The van der Waals surface area contributed by atoms with Crippen molar-refractivity contribution in [2.45, 2.75) is 51.4 Å². The molecule has 2 nitrogen and oxygen atoms in total. The third-order valence-corrected chi connectivity index (χ3v) is 4.34. The second kappa shape index (κ2) is 5.13. The lowest BCUT2D eigenvalue weighted by Gasteiger charge is -2.27. The fraction of sp³-hybridized carbons (Fsp3) is 0.562. The molecule has 1 aliphatic carbocycles. The van der Waals surface area contributed by atoms with Crippen LogP contribution in [0.1, 0.15) is 50.7 Å². The van der Waals surface area contributed by atoms with E-state index in [-0.39, 0.29) is 5.41 Å². The van der Waals surface area contributed by atoms with Crippen molar-refractivity contribution >= 4 is 5.78 Å². The zero-order valence-corrected chi connectivity index (χ0v) is 11.6. The number of methoxy groups -OCH3 is 1. The van der Waals surface area contributed by atoms with Crippen molar-refractivity contribution in [1.29, 1.82) is 0 Å². The Morgan fingerprint density at radius 2 is 2.00 bits per heavy atom. The Balaban J connectivity index is 2.46.